The number of imidazole rings is 1. The van der Waals surface area contributed by atoms with Gasteiger partial charge in [-0.25, -0.2) is 0 Å². The smallest absolute Gasteiger partial charge is 0.120 e. The van der Waals surface area contributed by atoms with Crippen molar-refractivity contribution < 1.29 is 27.3 Å². The summed E-state index contributed by atoms with van der Waals surface area (Å²) < 4.78 is 26.2. The standard InChI is InChI=1S/C35H28N3O.C19H26NSi.Ir/c1-22-32-29(19-20-36-22)37-34(27-15-10-14-26-25-13-8-9-16-31(25)39-33(26)27)38(32)30-18-17-24(21-28(30)35(2,3)4)23-11-6-5-7-12-23;1-19(2,3)13-16-12-17(15-10-8-7-9-11-15)20-14-18(16)21(4,5)6;/h5-14,16-21H,1-4H3;7-10,12,14H,13H2,1-6H3;/q2*-1;/i;13D2;. The van der Waals surface area contributed by atoms with Crippen LogP contribution in [0.25, 0.3) is 72.4 Å². The molecule has 0 spiro atoms. The van der Waals surface area contributed by atoms with Crippen molar-refractivity contribution in [1.82, 2.24) is 19.5 Å². The zero-order valence-electron chi connectivity index (χ0n) is 38.7. The van der Waals surface area contributed by atoms with Crippen LogP contribution in [0.5, 0.6) is 0 Å². The van der Waals surface area contributed by atoms with Crippen molar-refractivity contribution in [2.24, 2.45) is 5.41 Å². The molecule has 1 radical (unpaired) electrons. The first-order valence-electron chi connectivity index (χ1n) is 21.7. The molecule has 0 unspecified atom stereocenters. The monoisotopic (exact) mass is 997 g/mol. The summed E-state index contributed by atoms with van der Waals surface area (Å²) in [5, 5.41) is 3.24. The van der Waals surface area contributed by atoms with Gasteiger partial charge in [-0.3, -0.25) is 9.97 Å². The number of furan rings is 1. The molecule has 9 rings (SSSR count). The Hall–Kier alpha value is -5.46. The van der Waals surface area contributed by atoms with Gasteiger partial charge >= 0.3 is 0 Å². The van der Waals surface area contributed by atoms with Gasteiger partial charge in [0, 0.05) is 46.3 Å². The molecule has 9 aromatic rings. The van der Waals surface area contributed by atoms with Crippen molar-refractivity contribution >= 4 is 46.2 Å². The summed E-state index contributed by atoms with van der Waals surface area (Å²) in [6.45, 7) is 21.4. The third-order valence-electron chi connectivity index (χ3n) is 10.7. The molecule has 7 heteroatoms. The zero-order valence-corrected chi connectivity index (χ0v) is 40.1. The number of fused-ring (bicyclic) bond motifs is 4. The first kappa shape index (κ1) is 40.9. The molecule has 61 heavy (non-hydrogen) atoms. The molecule has 0 bridgehead atoms. The second-order valence-electron chi connectivity index (χ2n) is 18.6. The number of nitrogens with zero attached hydrogens (tertiary/aromatic N) is 4. The maximum Gasteiger partial charge on any atom is 0.120 e. The van der Waals surface area contributed by atoms with Crippen LogP contribution < -0.4 is 5.19 Å². The van der Waals surface area contributed by atoms with E-state index in [0.717, 1.165) is 77.7 Å². The molecule has 0 N–H and O–H groups in total. The Bertz CT molecular complexity index is 3070. The molecule has 0 atom stereocenters. The topological polar surface area (TPSA) is 56.7 Å². The van der Waals surface area contributed by atoms with Gasteiger partial charge in [0.1, 0.15) is 5.58 Å². The van der Waals surface area contributed by atoms with Gasteiger partial charge in [0.25, 0.3) is 0 Å². The fraction of sp³-hybridized carbons (Fsp3) is 0.241. The van der Waals surface area contributed by atoms with Gasteiger partial charge in [0.05, 0.1) is 36.2 Å². The minimum absolute atomic E-state index is 0. The summed E-state index contributed by atoms with van der Waals surface area (Å²) in [5.74, 6) is 0.795. The Labute approximate surface area is 378 Å². The van der Waals surface area contributed by atoms with Crippen LogP contribution in [-0.4, -0.2) is 27.6 Å². The molecular weight excluding hydrogens is 941 g/mol. The van der Waals surface area contributed by atoms with Crippen molar-refractivity contribution in [3.8, 4) is 39.5 Å². The second kappa shape index (κ2) is 17.1. The van der Waals surface area contributed by atoms with E-state index in [1.54, 1.807) is 0 Å². The van der Waals surface area contributed by atoms with E-state index in [4.69, 9.17) is 12.1 Å². The van der Waals surface area contributed by atoms with E-state index < -0.39 is 19.9 Å². The van der Waals surface area contributed by atoms with Crippen LogP contribution in [0, 0.1) is 24.5 Å². The summed E-state index contributed by atoms with van der Waals surface area (Å²) in [4.78, 5) is 14.4. The van der Waals surface area contributed by atoms with Crippen LogP contribution in [0.2, 0.25) is 19.6 Å². The molecule has 0 saturated carbocycles. The van der Waals surface area contributed by atoms with Gasteiger partial charge in [-0.2, -0.15) is 0 Å². The molecule has 4 heterocycles. The maximum atomic E-state index is 8.75. The van der Waals surface area contributed by atoms with Crippen LogP contribution in [0.3, 0.4) is 0 Å². The van der Waals surface area contributed by atoms with E-state index in [0.29, 0.717) is 0 Å². The number of pyridine rings is 2. The SMILES string of the molecule is Cc1nccc2nc(-c3[c-]ccc4c3oc3ccccc34)n(-c3ccc(-c4ccccc4)cc3C(C)(C)C)c12.[2H]C([2H])(c1cc(-c2[c-]cccc2)ncc1[Si](C)(C)C)C(C)(C)C.[Ir]. The van der Waals surface area contributed by atoms with Crippen LogP contribution in [-0.2, 0) is 31.9 Å². The van der Waals surface area contributed by atoms with Crippen molar-refractivity contribution in [2.75, 3.05) is 0 Å². The Balaban J connectivity index is 0.000000213. The Morgan fingerprint density at radius 3 is 2.20 bits per heavy atom. The number of benzene rings is 5. The number of aryl methyl sites for hydroxylation is 1. The fourth-order valence-electron chi connectivity index (χ4n) is 7.84. The number of rotatable bonds is 6. The Morgan fingerprint density at radius 1 is 0.754 bits per heavy atom. The van der Waals surface area contributed by atoms with Crippen LogP contribution in [0.15, 0.2) is 138 Å². The molecule has 0 aliphatic carbocycles. The second-order valence-corrected chi connectivity index (χ2v) is 23.6. The van der Waals surface area contributed by atoms with E-state index >= 15 is 0 Å². The summed E-state index contributed by atoms with van der Waals surface area (Å²) in [7, 11) is -1.70. The molecule has 5 aromatic carbocycles. The molecular formula is C54H54IrN4OSi-2. The van der Waals surface area contributed by atoms with E-state index in [1.807, 2.05) is 101 Å². The van der Waals surface area contributed by atoms with Crippen LogP contribution in [0.4, 0.5) is 0 Å². The third kappa shape index (κ3) is 9.11. The zero-order chi connectivity index (χ0) is 44.2. The number of hydrogen-bond acceptors (Lipinski definition) is 4. The molecule has 0 aliphatic rings. The molecule has 5 nitrogen and oxygen atoms in total. The average Bonchev–Trinajstić information content (AvgIpc) is 3.83. The number of para-hydroxylation sites is 1. The predicted octanol–water partition coefficient (Wildman–Crippen LogP) is 13.7. The van der Waals surface area contributed by atoms with Crippen molar-refractivity contribution in [3.63, 3.8) is 0 Å². The largest absolute Gasteiger partial charge is 0.501 e. The van der Waals surface area contributed by atoms with E-state index in [1.165, 1.54) is 16.7 Å². The minimum atomic E-state index is -1.70. The molecule has 4 aromatic heterocycles. The van der Waals surface area contributed by atoms with E-state index in [-0.39, 0.29) is 25.5 Å². The number of hydrogen-bond donors (Lipinski definition) is 0. The van der Waals surface area contributed by atoms with Gasteiger partial charge in [-0.05, 0) is 76.0 Å². The normalized spacial score (nSPS) is 12.8. The van der Waals surface area contributed by atoms with Crippen molar-refractivity contribution in [2.45, 2.75) is 79.9 Å². The van der Waals surface area contributed by atoms with Gasteiger partial charge in [0.15, 0.2) is 0 Å². The first-order chi connectivity index (χ1) is 29.3. The van der Waals surface area contributed by atoms with Gasteiger partial charge in [0.2, 0.25) is 0 Å². The molecule has 0 saturated heterocycles. The quantitative estimate of drug-likeness (QED) is 0.123. The molecule has 0 aliphatic heterocycles. The fourth-order valence-corrected chi connectivity index (χ4v) is 9.24. The summed E-state index contributed by atoms with van der Waals surface area (Å²) in [6, 6.07) is 47.8. The Kier molecular flexibility index (Phi) is 11.5. The first-order valence-corrected chi connectivity index (χ1v) is 24.2. The maximum absolute atomic E-state index is 8.75. The minimum Gasteiger partial charge on any atom is -0.501 e. The van der Waals surface area contributed by atoms with Gasteiger partial charge in [-0.1, -0.05) is 138 Å². The van der Waals surface area contributed by atoms with Gasteiger partial charge < -0.3 is 14.0 Å². The van der Waals surface area contributed by atoms with E-state index in [9.17, 15) is 0 Å². The molecule has 0 fully saturated rings. The average molecular weight is 997 g/mol. The van der Waals surface area contributed by atoms with Crippen molar-refractivity contribution in [3.05, 3.63) is 163 Å². The summed E-state index contributed by atoms with van der Waals surface area (Å²) >= 11 is 0. The third-order valence-corrected chi connectivity index (χ3v) is 12.7. The Morgan fingerprint density at radius 2 is 1.49 bits per heavy atom. The van der Waals surface area contributed by atoms with Crippen LogP contribution in [0.1, 0.15) is 61.1 Å². The predicted molar refractivity (Wildman–Crippen MR) is 254 cm³/mol. The van der Waals surface area contributed by atoms with E-state index in [2.05, 4.69) is 128 Å². The number of aromatic nitrogens is 4. The molecule has 0 amide bonds. The summed E-state index contributed by atoms with van der Waals surface area (Å²) in [5.41, 5.74) is 11.9. The molecule has 311 valence electrons. The van der Waals surface area contributed by atoms with Crippen LogP contribution >= 0.6 is 0 Å². The van der Waals surface area contributed by atoms with Gasteiger partial charge in [-0.15, -0.1) is 54.1 Å². The van der Waals surface area contributed by atoms with Crippen molar-refractivity contribution in [1.29, 1.82) is 0 Å². The summed E-state index contributed by atoms with van der Waals surface area (Å²) in [6.07, 6.45) is 2.30.